The van der Waals surface area contributed by atoms with Gasteiger partial charge >= 0.3 is 5.97 Å². The lowest BCUT2D eigenvalue weighted by atomic mass is 10.2. The van der Waals surface area contributed by atoms with E-state index < -0.39 is 16.7 Å². The van der Waals surface area contributed by atoms with E-state index in [4.69, 9.17) is 16.7 Å². The quantitative estimate of drug-likeness (QED) is 0.694. The predicted octanol–water partition coefficient (Wildman–Crippen LogP) is 2.94. The Hall–Kier alpha value is -2.41. The minimum atomic E-state index is -1.29. The van der Waals surface area contributed by atoms with E-state index in [-0.39, 0.29) is 22.9 Å². The molecule has 0 radical (unpaired) electrons. The number of aromatic carboxylic acids is 1. The van der Waals surface area contributed by atoms with E-state index in [0.717, 1.165) is 18.3 Å². The topological polar surface area (TPSA) is 85.4 Å². The molecule has 0 amide bonds. The third-order valence-electron chi connectivity index (χ3n) is 2.65. The molecule has 0 bridgehead atoms. The number of aromatic nitrogens is 1. The number of benzene rings is 1. The molecule has 0 saturated heterocycles. The summed E-state index contributed by atoms with van der Waals surface area (Å²) in [5.74, 6) is -1.88. The maximum absolute atomic E-state index is 13.0. The van der Waals surface area contributed by atoms with Gasteiger partial charge in [-0.1, -0.05) is 17.7 Å². The summed E-state index contributed by atoms with van der Waals surface area (Å²) in [5, 5.41) is 19.6. The third kappa shape index (κ3) is 2.77. The number of carbonyl (C=O) groups is 1. The molecule has 20 heavy (non-hydrogen) atoms. The molecule has 0 aliphatic heterocycles. The minimum Gasteiger partial charge on any atom is -0.477 e. The molecule has 2 rings (SSSR count). The molecule has 1 heterocycles. The number of hydrogen-bond acceptors (Lipinski definition) is 3. The van der Waals surface area contributed by atoms with Crippen LogP contribution in [0.4, 0.5) is 10.1 Å². The fraction of sp³-hybridized carbons (Fsp3) is 0.0833. The van der Waals surface area contributed by atoms with Crippen LogP contribution in [-0.2, 0) is 6.54 Å². The van der Waals surface area contributed by atoms with Gasteiger partial charge < -0.3 is 9.67 Å². The van der Waals surface area contributed by atoms with Crippen molar-refractivity contribution in [2.24, 2.45) is 0 Å². The standard InChI is InChI=1S/C12H8ClFN2O4/c13-9-3-7(1-2-10(9)14)5-15-6-8(16(19)20)4-11(15)12(17)18/h1-4,6H,5H2,(H,17,18). The second-order valence-corrected chi connectivity index (χ2v) is 4.43. The highest BCUT2D eigenvalue weighted by Gasteiger charge is 2.19. The van der Waals surface area contributed by atoms with E-state index in [2.05, 4.69) is 0 Å². The fourth-order valence-corrected chi connectivity index (χ4v) is 1.94. The van der Waals surface area contributed by atoms with Crippen molar-refractivity contribution < 1.29 is 19.2 Å². The first kappa shape index (κ1) is 14.0. The van der Waals surface area contributed by atoms with Crippen LogP contribution in [0.25, 0.3) is 0 Å². The molecule has 0 atom stereocenters. The molecule has 0 fully saturated rings. The first-order chi connectivity index (χ1) is 9.38. The molecular weight excluding hydrogens is 291 g/mol. The zero-order valence-electron chi connectivity index (χ0n) is 9.92. The largest absolute Gasteiger partial charge is 0.477 e. The van der Waals surface area contributed by atoms with E-state index >= 15 is 0 Å². The Morgan fingerprint density at radius 3 is 2.70 bits per heavy atom. The van der Waals surface area contributed by atoms with E-state index in [9.17, 15) is 19.3 Å². The highest BCUT2D eigenvalue weighted by molar-refractivity contribution is 6.30. The van der Waals surface area contributed by atoms with Crippen molar-refractivity contribution in [3.05, 3.63) is 62.7 Å². The van der Waals surface area contributed by atoms with Crippen LogP contribution >= 0.6 is 11.6 Å². The fourth-order valence-electron chi connectivity index (χ4n) is 1.74. The van der Waals surface area contributed by atoms with Gasteiger partial charge in [0.1, 0.15) is 11.5 Å². The van der Waals surface area contributed by atoms with Gasteiger partial charge in [-0.05, 0) is 17.7 Å². The van der Waals surface area contributed by atoms with E-state index in [1.807, 2.05) is 0 Å². The number of nitrogens with zero attached hydrogens (tertiary/aromatic N) is 2. The van der Waals surface area contributed by atoms with E-state index in [1.165, 1.54) is 16.7 Å². The molecule has 8 heteroatoms. The number of halogens is 2. The molecule has 1 aromatic carbocycles. The molecule has 0 spiro atoms. The SMILES string of the molecule is O=C(O)c1cc([N+](=O)[O-])cn1Cc1ccc(F)c(Cl)c1. The van der Waals surface area contributed by atoms with Crippen LogP contribution in [0.2, 0.25) is 5.02 Å². The van der Waals surface area contributed by atoms with Crippen LogP contribution in [-0.4, -0.2) is 20.6 Å². The molecule has 104 valence electrons. The summed E-state index contributed by atoms with van der Waals surface area (Å²) in [4.78, 5) is 21.0. The van der Waals surface area contributed by atoms with Gasteiger partial charge in [0.05, 0.1) is 16.1 Å². The Labute approximate surface area is 117 Å². The zero-order valence-corrected chi connectivity index (χ0v) is 10.7. The third-order valence-corrected chi connectivity index (χ3v) is 2.94. The molecule has 0 aliphatic carbocycles. The van der Waals surface area contributed by atoms with E-state index in [1.54, 1.807) is 0 Å². The highest BCUT2D eigenvalue weighted by Crippen LogP contribution is 2.21. The van der Waals surface area contributed by atoms with Crippen molar-refractivity contribution in [2.45, 2.75) is 6.54 Å². The molecule has 0 saturated carbocycles. The summed E-state index contributed by atoms with van der Waals surface area (Å²) in [6.07, 6.45) is 1.11. The smallest absolute Gasteiger partial charge is 0.352 e. The van der Waals surface area contributed by atoms with Gasteiger partial charge in [0.2, 0.25) is 0 Å². The molecule has 1 aromatic heterocycles. The minimum absolute atomic E-state index is 0.0372. The number of hydrogen-bond donors (Lipinski definition) is 1. The lowest BCUT2D eigenvalue weighted by Crippen LogP contribution is -2.08. The molecular formula is C12H8ClFN2O4. The summed E-state index contributed by atoms with van der Waals surface area (Å²) in [6, 6.07) is 4.89. The molecule has 6 nitrogen and oxygen atoms in total. The van der Waals surface area contributed by atoms with Gasteiger partial charge in [0.15, 0.2) is 0 Å². The predicted molar refractivity (Wildman–Crippen MR) is 68.6 cm³/mol. The van der Waals surface area contributed by atoms with Gasteiger partial charge in [-0.3, -0.25) is 10.1 Å². The van der Waals surface area contributed by atoms with Crippen molar-refractivity contribution in [1.82, 2.24) is 4.57 Å². The summed E-state index contributed by atoms with van der Waals surface area (Å²) in [7, 11) is 0. The maximum Gasteiger partial charge on any atom is 0.352 e. The molecule has 0 unspecified atom stereocenters. The van der Waals surface area contributed by atoms with Crippen LogP contribution in [0.5, 0.6) is 0 Å². The number of carboxylic acids is 1. The average Bonchev–Trinajstić information content (AvgIpc) is 2.78. The summed E-state index contributed by atoms with van der Waals surface area (Å²) < 4.78 is 14.2. The van der Waals surface area contributed by atoms with Crippen molar-refractivity contribution in [1.29, 1.82) is 0 Å². The first-order valence-corrected chi connectivity index (χ1v) is 5.78. The van der Waals surface area contributed by atoms with Crippen molar-refractivity contribution in [2.75, 3.05) is 0 Å². The highest BCUT2D eigenvalue weighted by atomic mass is 35.5. The van der Waals surface area contributed by atoms with Crippen LogP contribution < -0.4 is 0 Å². The average molecular weight is 299 g/mol. The summed E-state index contributed by atoms with van der Waals surface area (Å²) >= 11 is 5.63. The van der Waals surface area contributed by atoms with Gasteiger partial charge in [-0.15, -0.1) is 0 Å². The Morgan fingerprint density at radius 2 is 2.15 bits per heavy atom. The molecule has 2 aromatic rings. The summed E-state index contributed by atoms with van der Waals surface area (Å²) in [6.45, 7) is 0.0372. The van der Waals surface area contributed by atoms with Crippen LogP contribution in [0.1, 0.15) is 16.1 Å². The van der Waals surface area contributed by atoms with Gasteiger partial charge in [0, 0.05) is 12.6 Å². The molecule has 1 N–H and O–H groups in total. The number of rotatable bonds is 4. The lowest BCUT2D eigenvalue weighted by Gasteiger charge is -2.06. The van der Waals surface area contributed by atoms with Gasteiger partial charge in [-0.25, -0.2) is 9.18 Å². The molecule has 0 aliphatic rings. The lowest BCUT2D eigenvalue weighted by molar-refractivity contribution is -0.384. The zero-order chi connectivity index (χ0) is 14.9. The Balaban J connectivity index is 2.39. The van der Waals surface area contributed by atoms with Crippen molar-refractivity contribution >= 4 is 23.3 Å². The second-order valence-electron chi connectivity index (χ2n) is 4.02. The normalized spacial score (nSPS) is 10.5. The van der Waals surface area contributed by atoms with Crippen LogP contribution in [0.3, 0.4) is 0 Å². The maximum atomic E-state index is 13.0. The Kier molecular flexibility index (Phi) is 3.71. The van der Waals surface area contributed by atoms with Crippen LogP contribution in [0.15, 0.2) is 30.5 Å². The second kappa shape index (κ2) is 5.30. The van der Waals surface area contributed by atoms with Crippen molar-refractivity contribution in [3.8, 4) is 0 Å². The van der Waals surface area contributed by atoms with E-state index in [0.29, 0.717) is 5.56 Å². The number of carboxylic acid groups (broad SMARTS) is 1. The Bertz CT molecular complexity index is 699. The van der Waals surface area contributed by atoms with Gasteiger partial charge in [0.25, 0.3) is 5.69 Å². The van der Waals surface area contributed by atoms with Crippen LogP contribution in [0, 0.1) is 15.9 Å². The number of nitro groups is 1. The van der Waals surface area contributed by atoms with Crippen molar-refractivity contribution in [3.63, 3.8) is 0 Å². The summed E-state index contributed by atoms with van der Waals surface area (Å²) in [5.41, 5.74) is -0.0165. The van der Waals surface area contributed by atoms with Gasteiger partial charge in [-0.2, -0.15) is 0 Å². The first-order valence-electron chi connectivity index (χ1n) is 5.40. The monoisotopic (exact) mass is 298 g/mol. The Morgan fingerprint density at radius 1 is 1.45 bits per heavy atom.